The first-order valence-corrected chi connectivity index (χ1v) is 17.4. The van der Waals surface area contributed by atoms with Gasteiger partial charge in [0.2, 0.25) is 5.91 Å². The molecule has 0 aliphatic carbocycles. The van der Waals surface area contributed by atoms with E-state index in [0.29, 0.717) is 18.7 Å². The molecule has 0 aromatic heterocycles. The summed E-state index contributed by atoms with van der Waals surface area (Å²) in [6, 6.07) is -0.368. The molecule has 3 atom stereocenters. The van der Waals surface area contributed by atoms with E-state index in [1.807, 2.05) is 0 Å². The van der Waals surface area contributed by atoms with Crippen molar-refractivity contribution in [2.75, 3.05) is 6.61 Å². The van der Waals surface area contributed by atoms with Gasteiger partial charge in [-0.05, 0) is 42.3 Å². The maximum absolute atomic E-state index is 12.7. The summed E-state index contributed by atoms with van der Waals surface area (Å²) in [5, 5.41) is 2.81. The molecule has 1 saturated heterocycles. The highest BCUT2D eigenvalue weighted by molar-refractivity contribution is 6.74. The first kappa shape index (κ1) is 27.8. The number of ether oxygens (including phenoxy) is 1. The molecular weight excluding hydrogens is 454 g/mol. The average molecular weight is 498 g/mol. The van der Waals surface area contributed by atoms with Crippen molar-refractivity contribution in [3.05, 3.63) is 24.0 Å². The van der Waals surface area contributed by atoms with Gasteiger partial charge in [0.25, 0.3) is 0 Å². The number of hydrogen-bond donors (Lipinski definition) is 2. The fourth-order valence-electron chi connectivity index (χ4n) is 3.13. The summed E-state index contributed by atoms with van der Waals surface area (Å²) in [6.07, 6.45) is 4.05. The number of primary amides is 1. The van der Waals surface area contributed by atoms with Gasteiger partial charge in [-0.2, -0.15) is 0 Å². The van der Waals surface area contributed by atoms with Gasteiger partial charge in [0.1, 0.15) is 12.3 Å². The number of nitrogens with two attached hydrogens (primary N) is 1. The van der Waals surface area contributed by atoms with Crippen LogP contribution in [0.4, 0.5) is 4.79 Å². The summed E-state index contributed by atoms with van der Waals surface area (Å²) < 4.78 is 19.6. The highest BCUT2D eigenvalue weighted by Gasteiger charge is 2.48. The first-order valence-electron chi connectivity index (χ1n) is 11.6. The molecule has 0 unspecified atom stereocenters. The second kappa shape index (κ2) is 9.65. The van der Waals surface area contributed by atoms with E-state index in [9.17, 15) is 9.59 Å². The summed E-state index contributed by atoms with van der Waals surface area (Å²) in [5.41, 5.74) is 5.55. The summed E-state index contributed by atoms with van der Waals surface area (Å²) >= 11 is 0. The Hall–Kier alpha value is -1.47. The lowest BCUT2D eigenvalue weighted by atomic mass is 10.2. The van der Waals surface area contributed by atoms with Crippen LogP contribution in [0, 0.1) is 0 Å². The number of amides is 3. The third-order valence-corrected chi connectivity index (χ3v) is 16.4. The van der Waals surface area contributed by atoms with E-state index in [2.05, 4.69) is 73.0 Å². The molecule has 3 N–H and O–H groups in total. The van der Waals surface area contributed by atoms with Crippen LogP contribution >= 0.6 is 0 Å². The van der Waals surface area contributed by atoms with E-state index < -0.39 is 28.8 Å². The van der Waals surface area contributed by atoms with Crippen molar-refractivity contribution in [2.45, 2.75) is 103 Å². The number of allylic oxidation sites excluding steroid dienone is 1. The van der Waals surface area contributed by atoms with Crippen LogP contribution in [-0.2, 0) is 18.4 Å². The zero-order valence-electron chi connectivity index (χ0n) is 21.9. The Morgan fingerprint density at radius 3 is 2.24 bits per heavy atom. The Bertz CT molecular complexity index is 812. The maximum Gasteiger partial charge on any atom is 0.327 e. The topological polar surface area (TPSA) is 103 Å². The molecule has 0 aromatic carbocycles. The lowest BCUT2D eigenvalue weighted by Gasteiger charge is -2.40. The number of rotatable bonds is 7. The largest absolute Gasteiger partial charge is 0.414 e. The molecule has 0 bridgehead atoms. The van der Waals surface area contributed by atoms with E-state index in [1.165, 1.54) is 11.0 Å². The van der Waals surface area contributed by atoms with E-state index >= 15 is 0 Å². The molecule has 2 heterocycles. The quantitative estimate of drug-likeness (QED) is 0.400. The molecule has 33 heavy (non-hydrogen) atoms. The molecule has 3 amide bonds. The molecule has 2 aliphatic rings. The SMILES string of the molecule is CC(C)(C)[Si](C)(C)OC[C@H]1O[C@@H](N2C=C/C(=C\C(N)=O)NC2=O)C[C@@H]1O[Si](C)(C)C(C)(C)C. The second-order valence-electron chi connectivity index (χ2n) is 12.0. The van der Waals surface area contributed by atoms with E-state index in [1.54, 1.807) is 12.3 Å². The molecule has 188 valence electrons. The predicted octanol–water partition coefficient (Wildman–Crippen LogP) is 4.42. The Kier molecular flexibility index (Phi) is 8.12. The third kappa shape index (κ3) is 6.78. The number of nitrogens with zero attached hydrogens (tertiary/aromatic N) is 1. The van der Waals surface area contributed by atoms with Crippen LogP contribution < -0.4 is 11.1 Å². The molecule has 2 aliphatic heterocycles. The summed E-state index contributed by atoms with van der Waals surface area (Å²) in [4.78, 5) is 25.4. The number of carbonyl (C=O) groups excluding carboxylic acids is 2. The van der Waals surface area contributed by atoms with Crippen LogP contribution in [0.25, 0.3) is 0 Å². The molecule has 1 fully saturated rings. The summed E-state index contributed by atoms with van der Waals surface area (Å²) in [6.45, 7) is 22.6. The van der Waals surface area contributed by atoms with E-state index in [4.69, 9.17) is 19.3 Å². The van der Waals surface area contributed by atoms with Crippen LogP contribution in [0.5, 0.6) is 0 Å². The van der Waals surface area contributed by atoms with Gasteiger partial charge < -0.3 is 24.6 Å². The monoisotopic (exact) mass is 497 g/mol. The zero-order valence-corrected chi connectivity index (χ0v) is 23.9. The van der Waals surface area contributed by atoms with Crippen LogP contribution in [0.3, 0.4) is 0 Å². The van der Waals surface area contributed by atoms with Crippen molar-refractivity contribution in [3.63, 3.8) is 0 Å². The lowest BCUT2D eigenvalue weighted by molar-refractivity contribution is -0.113. The summed E-state index contributed by atoms with van der Waals surface area (Å²) in [5.74, 6) is -0.619. The minimum atomic E-state index is -2.07. The Morgan fingerprint density at radius 2 is 1.76 bits per heavy atom. The van der Waals surface area contributed by atoms with Crippen molar-refractivity contribution < 1.29 is 23.2 Å². The smallest absolute Gasteiger partial charge is 0.327 e. The minimum absolute atomic E-state index is 0.0484. The van der Waals surface area contributed by atoms with Gasteiger partial charge in [-0.3, -0.25) is 9.69 Å². The molecular formula is C23H43N3O5Si2. The van der Waals surface area contributed by atoms with Gasteiger partial charge in [0, 0.05) is 24.4 Å². The molecule has 0 saturated carbocycles. The molecule has 0 aromatic rings. The summed E-state index contributed by atoms with van der Waals surface area (Å²) in [7, 11) is -4.05. The molecule has 0 radical (unpaired) electrons. The van der Waals surface area contributed by atoms with Crippen LogP contribution in [-0.4, -0.2) is 58.5 Å². The minimum Gasteiger partial charge on any atom is -0.414 e. The van der Waals surface area contributed by atoms with Crippen LogP contribution in [0.2, 0.25) is 36.3 Å². The maximum atomic E-state index is 12.7. The number of hydrogen-bond acceptors (Lipinski definition) is 5. The molecule has 8 nitrogen and oxygen atoms in total. The van der Waals surface area contributed by atoms with Gasteiger partial charge in [-0.1, -0.05) is 41.5 Å². The number of urea groups is 1. The molecule has 10 heteroatoms. The fraction of sp³-hybridized carbons (Fsp3) is 0.739. The van der Waals surface area contributed by atoms with Gasteiger partial charge in [0.05, 0.1) is 12.7 Å². The highest BCUT2D eigenvalue weighted by Crippen LogP contribution is 2.41. The van der Waals surface area contributed by atoms with E-state index in [-0.39, 0.29) is 28.3 Å². The van der Waals surface area contributed by atoms with Crippen molar-refractivity contribution in [1.82, 2.24) is 10.2 Å². The van der Waals surface area contributed by atoms with Crippen LogP contribution in [0.15, 0.2) is 24.0 Å². The molecule has 0 spiro atoms. The normalized spacial score (nSPS) is 26.1. The Labute approximate surface area is 201 Å². The zero-order chi connectivity index (χ0) is 25.4. The van der Waals surface area contributed by atoms with Crippen molar-refractivity contribution in [2.24, 2.45) is 5.73 Å². The highest BCUT2D eigenvalue weighted by atomic mass is 28.4. The Morgan fingerprint density at radius 1 is 1.18 bits per heavy atom. The van der Waals surface area contributed by atoms with Crippen LogP contribution in [0.1, 0.15) is 48.0 Å². The van der Waals surface area contributed by atoms with Gasteiger partial charge >= 0.3 is 6.03 Å². The van der Waals surface area contributed by atoms with E-state index in [0.717, 1.165) is 0 Å². The van der Waals surface area contributed by atoms with Gasteiger partial charge in [-0.25, -0.2) is 4.79 Å². The number of carbonyl (C=O) groups is 2. The first-order chi connectivity index (χ1) is 14.8. The average Bonchev–Trinajstić information content (AvgIpc) is 2.99. The number of nitrogens with one attached hydrogen (secondary N) is 1. The third-order valence-electron chi connectivity index (χ3n) is 7.36. The molecule has 2 rings (SSSR count). The lowest BCUT2D eigenvalue weighted by Crippen LogP contribution is -2.48. The van der Waals surface area contributed by atoms with Crippen molar-refractivity contribution >= 4 is 28.6 Å². The Balaban J connectivity index is 2.23. The standard InChI is InChI=1S/C23H43N3O5Si2/c1-22(2,3)32(7,8)29-15-18-17(31-33(9,10)23(4,5)6)14-20(30-18)26-12-11-16(13-19(24)27)25-21(26)28/h11-13,17-18,20H,14-15H2,1-10H3,(H2,24,27)(H,25,28)/b16-13+/t17-,18+,20+/m0/s1. The van der Waals surface area contributed by atoms with Gasteiger partial charge in [0.15, 0.2) is 16.6 Å². The van der Waals surface area contributed by atoms with Crippen molar-refractivity contribution in [3.8, 4) is 0 Å². The predicted molar refractivity (Wildman–Crippen MR) is 135 cm³/mol. The fourth-order valence-corrected chi connectivity index (χ4v) is 5.50. The van der Waals surface area contributed by atoms with Gasteiger partial charge in [-0.15, -0.1) is 0 Å². The van der Waals surface area contributed by atoms with Crippen molar-refractivity contribution in [1.29, 1.82) is 0 Å². The second-order valence-corrected chi connectivity index (χ2v) is 21.6.